The summed E-state index contributed by atoms with van der Waals surface area (Å²) in [5, 5.41) is 0. The molecule has 0 saturated heterocycles. The van der Waals surface area contributed by atoms with E-state index in [4.69, 9.17) is 0 Å². The minimum absolute atomic E-state index is 0.854. The van der Waals surface area contributed by atoms with Crippen LogP contribution >= 0.6 is 15.9 Å². The largest absolute Gasteiger partial charge is 0.348 e. The van der Waals surface area contributed by atoms with Gasteiger partial charge in [-0.2, -0.15) is 0 Å². The van der Waals surface area contributed by atoms with Crippen LogP contribution in [0.5, 0.6) is 0 Å². The van der Waals surface area contributed by atoms with Crippen molar-refractivity contribution in [1.29, 1.82) is 0 Å². The van der Waals surface area contributed by atoms with Crippen LogP contribution < -0.4 is 0 Å². The van der Waals surface area contributed by atoms with Crippen LogP contribution in [0, 0.1) is 0 Å². The molecule has 2 nitrogen and oxygen atoms in total. The van der Waals surface area contributed by atoms with Gasteiger partial charge in [0, 0.05) is 23.3 Å². The van der Waals surface area contributed by atoms with Crippen molar-refractivity contribution in [2.24, 2.45) is 0 Å². The Morgan fingerprint density at radius 2 is 2.31 bits per heavy atom. The van der Waals surface area contributed by atoms with Gasteiger partial charge in [0.05, 0.1) is 0 Å². The van der Waals surface area contributed by atoms with Gasteiger partial charge in [-0.05, 0) is 17.7 Å². The van der Waals surface area contributed by atoms with Crippen molar-refractivity contribution in [2.75, 3.05) is 0 Å². The monoisotopic (exact) mass is 236 g/mol. The minimum Gasteiger partial charge on any atom is -0.348 e. The van der Waals surface area contributed by atoms with E-state index in [2.05, 4.69) is 38.0 Å². The van der Waals surface area contributed by atoms with Gasteiger partial charge < -0.3 is 4.98 Å². The molecule has 0 fully saturated rings. The summed E-state index contributed by atoms with van der Waals surface area (Å²) in [6, 6.07) is 8.24. The standard InChI is InChI=1S/C10H9BrN2/c11-9-3-1-2-8(6-9)7-10-12-4-5-13-10/h1-6H,7H2,(H,12,13). The van der Waals surface area contributed by atoms with Crippen molar-refractivity contribution in [3.63, 3.8) is 0 Å². The molecule has 0 aliphatic heterocycles. The van der Waals surface area contributed by atoms with Crippen LogP contribution in [-0.2, 0) is 6.42 Å². The first kappa shape index (κ1) is 8.51. The van der Waals surface area contributed by atoms with Gasteiger partial charge in [0.2, 0.25) is 0 Å². The van der Waals surface area contributed by atoms with Crippen molar-refractivity contribution < 1.29 is 0 Å². The van der Waals surface area contributed by atoms with Gasteiger partial charge >= 0.3 is 0 Å². The Kier molecular flexibility index (Phi) is 2.45. The van der Waals surface area contributed by atoms with Crippen molar-refractivity contribution in [1.82, 2.24) is 9.97 Å². The highest BCUT2D eigenvalue weighted by Crippen LogP contribution is 2.13. The Bertz CT molecular complexity index is 382. The Morgan fingerprint density at radius 3 is 3.00 bits per heavy atom. The average molecular weight is 237 g/mol. The molecule has 13 heavy (non-hydrogen) atoms. The number of nitrogens with zero attached hydrogens (tertiary/aromatic N) is 1. The normalized spacial score (nSPS) is 10.2. The molecule has 2 aromatic rings. The summed E-state index contributed by atoms with van der Waals surface area (Å²) < 4.78 is 1.11. The highest BCUT2D eigenvalue weighted by atomic mass is 79.9. The summed E-state index contributed by atoms with van der Waals surface area (Å²) in [6.07, 6.45) is 4.47. The van der Waals surface area contributed by atoms with Crippen LogP contribution in [0.4, 0.5) is 0 Å². The lowest BCUT2D eigenvalue weighted by Gasteiger charge is -1.98. The van der Waals surface area contributed by atoms with Crippen LogP contribution in [0.2, 0.25) is 0 Å². The number of halogens is 1. The number of hydrogen-bond donors (Lipinski definition) is 1. The van der Waals surface area contributed by atoms with Crippen molar-refractivity contribution in [2.45, 2.75) is 6.42 Å². The molecule has 0 unspecified atom stereocenters. The molecule has 66 valence electrons. The number of benzene rings is 1. The predicted octanol–water partition coefficient (Wildman–Crippen LogP) is 2.76. The first-order chi connectivity index (χ1) is 6.34. The van der Waals surface area contributed by atoms with Gasteiger partial charge in [-0.3, -0.25) is 0 Å². The van der Waals surface area contributed by atoms with E-state index in [0.29, 0.717) is 0 Å². The lowest BCUT2D eigenvalue weighted by atomic mass is 10.1. The van der Waals surface area contributed by atoms with Gasteiger partial charge in [0.25, 0.3) is 0 Å². The highest BCUT2D eigenvalue weighted by molar-refractivity contribution is 9.10. The fraction of sp³-hybridized carbons (Fsp3) is 0.100. The molecule has 2 rings (SSSR count). The summed E-state index contributed by atoms with van der Waals surface area (Å²) in [4.78, 5) is 7.25. The number of aromatic amines is 1. The second-order valence-electron chi connectivity index (χ2n) is 2.84. The number of rotatable bonds is 2. The van der Waals surface area contributed by atoms with E-state index >= 15 is 0 Å². The van der Waals surface area contributed by atoms with Crippen molar-refractivity contribution >= 4 is 15.9 Å². The van der Waals surface area contributed by atoms with E-state index in [9.17, 15) is 0 Å². The van der Waals surface area contributed by atoms with Crippen LogP contribution in [0.1, 0.15) is 11.4 Å². The molecule has 0 radical (unpaired) electrons. The van der Waals surface area contributed by atoms with Gasteiger partial charge in [-0.25, -0.2) is 4.98 Å². The third-order valence-corrected chi connectivity index (χ3v) is 2.31. The molecule has 3 heteroatoms. The summed E-state index contributed by atoms with van der Waals surface area (Å²) in [6.45, 7) is 0. The molecule has 1 aromatic carbocycles. The maximum absolute atomic E-state index is 4.17. The molecule has 0 bridgehead atoms. The van der Waals surface area contributed by atoms with Gasteiger partial charge in [-0.1, -0.05) is 28.1 Å². The molecule has 1 aromatic heterocycles. The SMILES string of the molecule is Brc1cccc(Cc2ncc[nH]2)c1. The Labute approximate surface area is 85.1 Å². The van der Waals surface area contributed by atoms with Crippen LogP contribution in [0.15, 0.2) is 41.1 Å². The molecule has 0 aliphatic rings. The molecule has 0 spiro atoms. The van der Waals surface area contributed by atoms with E-state index in [0.717, 1.165) is 16.7 Å². The van der Waals surface area contributed by atoms with Crippen molar-refractivity contribution in [3.8, 4) is 0 Å². The number of nitrogens with one attached hydrogen (secondary N) is 1. The fourth-order valence-electron chi connectivity index (χ4n) is 1.23. The summed E-state index contributed by atoms with van der Waals surface area (Å²) in [5.41, 5.74) is 1.25. The van der Waals surface area contributed by atoms with Crippen LogP contribution in [0.3, 0.4) is 0 Å². The number of hydrogen-bond acceptors (Lipinski definition) is 1. The van der Waals surface area contributed by atoms with E-state index in [1.54, 1.807) is 6.20 Å². The molecule has 0 amide bonds. The minimum atomic E-state index is 0.854. The molecule has 1 heterocycles. The van der Waals surface area contributed by atoms with Crippen LogP contribution in [0.25, 0.3) is 0 Å². The second kappa shape index (κ2) is 3.75. The third kappa shape index (κ3) is 2.18. The van der Waals surface area contributed by atoms with Gasteiger partial charge in [0.15, 0.2) is 0 Å². The molecule has 0 saturated carbocycles. The zero-order valence-corrected chi connectivity index (χ0v) is 8.58. The molecule has 1 N–H and O–H groups in total. The lowest BCUT2D eigenvalue weighted by Crippen LogP contribution is -1.89. The lowest BCUT2D eigenvalue weighted by molar-refractivity contribution is 1.02. The van der Waals surface area contributed by atoms with Crippen LogP contribution in [-0.4, -0.2) is 9.97 Å². The highest BCUT2D eigenvalue weighted by Gasteiger charge is 1.97. The molecule has 0 aliphatic carbocycles. The van der Waals surface area contributed by atoms with E-state index in [1.807, 2.05) is 18.3 Å². The average Bonchev–Trinajstić information content (AvgIpc) is 2.57. The zero-order valence-electron chi connectivity index (χ0n) is 7.00. The quantitative estimate of drug-likeness (QED) is 0.854. The maximum Gasteiger partial charge on any atom is 0.110 e. The van der Waals surface area contributed by atoms with E-state index in [-0.39, 0.29) is 0 Å². The number of H-pyrrole nitrogens is 1. The molecular weight excluding hydrogens is 228 g/mol. The fourth-order valence-corrected chi connectivity index (χ4v) is 1.68. The number of imidazole rings is 1. The molecular formula is C10H9BrN2. The zero-order chi connectivity index (χ0) is 9.10. The van der Waals surface area contributed by atoms with Gasteiger partial charge in [-0.15, -0.1) is 0 Å². The van der Waals surface area contributed by atoms with Crippen molar-refractivity contribution in [3.05, 3.63) is 52.5 Å². The Morgan fingerprint density at radius 1 is 1.38 bits per heavy atom. The number of aromatic nitrogens is 2. The Balaban J connectivity index is 2.19. The summed E-state index contributed by atoms with van der Waals surface area (Å²) in [5.74, 6) is 0.998. The van der Waals surface area contributed by atoms with E-state index < -0.39 is 0 Å². The smallest absolute Gasteiger partial charge is 0.110 e. The first-order valence-electron chi connectivity index (χ1n) is 4.07. The summed E-state index contributed by atoms with van der Waals surface area (Å²) in [7, 11) is 0. The predicted molar refractivity (Wildman–Crippen MR) is 55.5 cm³/mol. The van der Waals surface area contributed by atoms with Gasteiger partial charge in [0.1, 0.15) is 5.82 Å². The second-order valence-corrected chi connectivity index (χ2v) is 3.76. The first-order valence-corrected chi connectivity index (χ1v) is 4.86. The molecule has 0 atom stereocenters. The topological polar surface area (TPSA) is 28.7 Å². The summed E-state index contributed by atoms with van der Waals surface area (Å²) >= 11 is 3.44. The Hall–Kier alpha value is -1.09. The van der Waals surface area contributed by atoms with E-state index in [1.165, 1.54) is 5.56 Å². The maximum atomic E-state index is 4.17. The third-order valence-electron chi connectivity index (χ3n) is 1.82.